The van der Waals surface area contributed by atoms with Crippen molar-refractivity contribution in [1.29, 1.82) is 0 Å². The molecule has 0 unspecified atom stereocenters. The number of H-pyrrole nitrogens is 1. The lowest BCUT2D eigenvalue weighted by atomic mass is 10.1. The first-order valence-corrected chi connectivity index (χ1v) is 9.23. The third-order valence-electron chi connectivity index (χ3n) is 4.02. The van der Waals surface area contributed by atoms with E-state index in [1.807, 2.05) is 13.0 Å². The van der Waals surface area contributed by atoms with Crippen LogP contribution in [0.1, 0.15) is 28.9 Å². The van der Waals surface area contributed by atoms with Crippen LogP contribution in [-0.2, 0) is 6.61 Å². The highest BCUT2D eigenvalue weighted by atomic mass is 35.5. The number of rotatable bonds is 7. The highest BCUT2D eigenvalue weighted by molar-refractivity contribution is 7.71. The Labute approximate surface area is 175 Å². The molecule has 0 fully saturated rings. The van der Waals surface area contributed by atoms with E-state index < -0.39 is 12.2 Å². The van der Waals surface area contributed by atoms with Gasteiger partial charge < -0.3 is 9.47 Å². The third kappa shape index (κ3) is 4.99. The number of alkyl halides is 2. The molecule has 0 atom stereocenters. The summed E-state index contributed by atoms with van der Waals surface area (Å²) in [5.41, 5.74) is 2.32. The number of aromatic nitrogens is 3. The van der Waals surface area contributed by atoms with E-state index in [1.165, 1.54) is 6.21 Å². The fourth-order valence-corrected chi connectivity index (χ4v) is 2.84. The zero-order valence-corrected chi connectivity index (χ0v) is 17.1. The number of ether oxygens (including phenoxy) is 2. The Hall–Kier alpha value is -2.78. The van der Waals surface area contributed by atoms with E-state index in [-0.39, 0.29) is 11.4 Å². The molecule has 152 valence electrons. The molecule has 3 aromatic rings. The Balaban J connectivity index is 1.82. The second-order valence-corrected chi connectivity index (χ2v) is 6.81. The molecule has 0 amide bonds. The molecule has 2 aromatic carbocycles. The van der Waals surface area contributed by atoms with Gasteiger partial charge in [0, 0.05) is 10.6 Å². The van der Waals surface area contributed by atoms with Gasteiger partial charge in [-0.05, 0) is 66.7 Å². The topological polar surface area (TPSA) is 64.4 Å². The average Bonchev–Trinajstić information content (AvgIpc) is 3.08. The number of hydrogen-bond acceptors (Lipinski definition) is 5. The van der Waals surface area contributed by atoms with E-state index in [9.17, 15) is 8.78 Å². The molecular weight excluding hydrogens is 422 g/mol. The minimum absolute atomic E-state index is 0.0215. The number of nitrogens with zero attached hydrogens (tertiary/aromatic N) is 3. The summed E-state index contributed by atoms with van der Waals surface area (Å²) in [6, 6.07) is 10.7. The van der Waals surface area contributed by atoms with Crippen molar-refractivity contribution in [3.63, 3.8) is 0 Å². The normalized spacial score (nSPS) is 11.4. The van der Waals surface area contributed by atoms with Gasteiger partial charge in [-0.1, -0.05) is 11.6 Å². The molecule has 6 nitrogen and oxygen atoms in total. The molecule has 10 heteroatoms. The van der Waals surface area contributed by atoms with Gasteiger partial charge in [0.25, 0.3) is 6.43 Å². The second kappa shape index (κ2) is 9.15. The molecule has 1 heterocycles. The molecule has 0 aliphatic carbocycles. The van der Waals surface area contributed by atoms with Gasteiger partial charge in [0.05, 0.1) is 13.3 Å². The summed E-state index contributed by atoms with van der Waals surface area (Å²) in [5.74, 6) is 0.738. The summed E-state index contributed by atoms with van der Waals surface area (Å²) in [4.78, 5) is 0. The number of methoxy groups -OCH3 is 1. The Morgan fingerprint density at radius 2 is 2.10 bits per heavy atom. The molecule has 0 spiro atoms. The van der Waals surface area contributed by atoms with Gasteiger partial charge in [-0.25, -0.2) is 13.9 Å². The molecule has 0 aliphatic rings. The van der Waals surface area contributed by atoms with Crippen LogP contribution in [0.15, 0.2) is 41.5 Å². The van der Waals surface area contributed by atoms with Gasteiger partial charge in [-0.3, -0.25) is 0 Å². The van der Waals surface area contributed by atoms with Crippen molar-refractivity contribution in [3.8, 4) is 11.5 Å². The monoisotopic (exact) mass is 438 g/mol. The van der Waals surface area contributed by atoms with Crippen LogP contribution in [0.25, 0.3) is 0 Å². The maximum Gasteiger partial charge on any atom is 0.299 e. The van der Waals surface area contributed by atoms with Crippen molar-refractivity contribution >= 4 is 30.0 Å². The summed E-state index contributed by atoms with van der Waals surface area (Å²) in [6.07, 6.45) is -1.39. The minimum atomic E-state index is -2.80. The third-order valence-corrected chi connectivity index (χ3v) is 4.71. The molecule has 0 saturated carbocycles. The van der Waals surface area contributed by atoms with Crippen molar-refractivity contribution in [2.45, 2.75) is 20.0 Å². The summed E-state index contributed by atoms with van der Waals surface area (Å²) in [6.45, 7) is 2.13. The molecule has 0 saturated heterocycles. The van der Waals surface area contributed by atoms with Gasteiger partial charge >= 0.3 is 0 Å². The largest absolute Gasteiger partial charge is 0.496 e. The van der Waals surface area contributed by atoms with Crippen LogP contribution in [-0.4, -0.2) is 28.2 Å². The molecule has 29 heavy (non-hydrogen) atoms. The predicted octanol–water partition coefficient (Wildman–Crippen LogP) is 5.31. The molecule has 0 radical (unpaired) electrons. The van der Waals surface area contributed by atoms with E-state index in [0.29, 0.717) is 22.1 Å². The van der Waals surface area contributed by atoms with Crippen LogP contribution in [0.5, 0.6) is 11.5 Å². The summed E-state index contributed by atoms with van der Waals surface area (Å²) in [5, 5.41) is 10.5. The van der Waals surface area contributed by atoms with Crippen molar-refractivity contribution in [2.75, 3.05) is 7.11 Å². The summed E-state index contributed by atoms with van der Waals surface area (Å²) in [7, 11) is 1.55. The van der Waals surface area contributed by atoms with Crippen LogP contribution in [0, 0.1) is 11.7 Å². The molecule has 1 aromatic heterocycles. The number of nitrogens with one attached hydrogen (secondary N) is 1. The van der Waals surface area contributed by atoms with Crippen molar-refractivity contribution in [1.82, 2.24) is 14.9 Å². The van der Waals surface area contributed by atoms with E-state index in [0.717, 1.165) is 15.8 Å². The van der Waals surface area contributed by atoms with Crippen LogP contribution >= 0.6 is 23.8 Å². The minimum Gasteiger partial charge on any atom is -0.496 e. The highest BCUT2D eigenvalue weighted by Gasteiger charge is 2.16. The van der Waals surface area contributed by atoms with Crippen LogP contribution in [0.2, 0.25) is 5.02 Å². The fraction of sp³-hybridized carbons (Fsp3) is 0.211. The quantitative estimate of drug-likeness (QED) is 0.401. The lowest BCUT2D eigenvalue weighted by molar-refractivity contribution is 0.136. The van der Waals surface area contributed by atoms with Crippen LogP contribution in [0.4, 0.5) is 8.78 Å². The number of benzene rings is 2. The van der Waals surface area contributed by atoms with E-state index in [4.69, 9.17) is 33.3 Å². The van der Waals surface area contributed by atoms with Gasteiger partial charge in [-0.15, -0.1) is 0 Å². The lowest BCUT2D eigenvalue weighted by Crippen LogP contribution is -2.02. The molecule has 0 aliphatic heterocycles. The summed E-state index contributed by atoms with van der Waals surface area (Å²) < 4.78 is 38.0. The van der Waals surface area contributed by atoms with Crippen molar-refractivity contribution in [2.24, 2.45) is 5.10 Å². The maximum absolute atomic E-state index is 13.0. The molecule has 1 N–H and O–H groups in total. The Bertz CT molecular complexity index is 1100. The predicted molar refractivity (Wildman–Crippen MR) is 109 cm³/mol. The number of aromatic amines is 1. The lowest BCUT2D eigenvalue weighted by Gasteiger charge is -2.12. The Morgan fingerprint density at radius 1 is 1.31 bits per heavy atom. The van der Waals surface area contributed by atoms with Crippen LogP contribution < -0.4 is 9.47 Å². The van der Waals surface area contributed by atoms with Gasteiger partial charge in [0.2, 0.25) is 10.6 Å². The first kappa shape index (κ1) is 20.9. The van der Waals surface area contributed by atoms with Gasteiger partial charge in [-0.2, -0.15) is 14.9 Å². The number of hydrogen-bond donors (Lipinski definition) is 1. The van der Waals surface area contributed by atoms with E-state index >= 15 is 0 Å². The fourth-order valence-electron chi connectivity index (χ4n) is 2.54. The molecule has 0 bridgehead atoms. The van der Waals surface area contributed by atoms with E-state index in [1.54, 1.807) is 37.4 Å². The van der Waals surface area contributed by atoms with E-state index in [2.05, 4.69) is 15.3 Å². The van der Waals surface area contributed by atoms with Gasteiger partial charge in [0.15, 0.2) is 0 Å². The average molecular weight is 439 g/mol. The number of halogens is 3. The standard InChI is InChI=1S/C19H17ClF2N4O2S/c1-11-7-14(4-5-15(11)20)28-10-13-8-12(3-6-16(13)27-2)9-23-26-18(17(21)22)24-25-19(26)29/h3-9,17H,10H2,1-2H3,(H,25,29)/b23-9+. The number of aryl methyl sites for hydroxylation is 1. The summed E-state index contributed by atoms with van der Waals surface area (Å²) >= 11 is 11.0. The SMILES string of the molecule is COc1ccc(/C=N/n2c(C(F)F)n[nH]c2=S)cc1COc1ccc(Cl)c(C)c1. The van der Waals surface area contributed by atoms with Crippen molar-refractivity contribution < 1.29 is 18.3 Å². The molecule has 3 rings (SSSR count). The maximum atomic E-state index is 13.0. The highest BCUT2D eigenvalue weighted by Crippen LogP contribution is 2.25. The first-order valence-electron chi connectivity index (χ1n) is 8.44. The Morgan fingerprint density at radius 3 is 2.79 bits per heavy atom. The smallest absolute Gasteiger partial charge is 0.299 e. The van der Waals surface area contributed by atoms with Crippen LogP contribution in [0.3, 0.4) is 0 Å². The van der Waals surface area contributed by atoms with Crippen molar-refractivity contribution in [3.05, 3.63) is 68.7 Å². The zero-order valence-electron chi connectivity index (χ0n) is 15.5. The first-order chi connectivity index (χ1) is 13.9. The second-order valence-electron chi connectivity index (χ2n) is 6.01. The Kier molecular flexibility index (Phi) is 6.60. The molecular formula is C19H17ClF2N4O2S. The zero-order chi connectivity index (χ0) is 21.0. The van der Waals surface area contributed by atoms with Gasteiger partial charge in [0.1, 0.15) is 18.1 Å².